The molecule has 0 aliphatic heterocycles. The Morgan fingerprint density at radius 1 is 1.37 bits per heavy atom. The average Bonchev–Trinajstić information content (AvgIpc) is 2.89. The van der Waals surface area contributed by atoms with E-state index in [0.29, 0.717) is 17.5 Å². The second-order valence-corrected chi connectivity index (χ2v) is 5.39. The zero-order valence-electron chi connectivity index (χ0n) is 11.0. The van der Waals surface area contributed by atoms with E-state index < -0.39 is 0 Å². The van der Waals surface area contributed by atoms with Crippen LogP contribution in [0.25, 0.3) is 11.5 Å². The summed E-state index contributed by atoms with van der Waals surface area (Å²) < 4.78 is 5.35. The molecule has 0 bridgehead atoms. The maximum absolute atomic E-state index is 5.87. The quantitative estimate of drug-likeness (QED) is 0.895. The highest BCUT2D eigenvalue weighted by atomic mass is 16.5. The summed E-state index contributed by atoms with van der Waals surface area (Å²) in [5.74, 6) is 2.47. The average molecular weight is 258 g/mol. The summed E-state index contributed by atoms with van der Waals surface area (Å²) in [5.41, 5.74) is 7.20. The van der Waals surface area contributed by atoms with Gasteiger partial charge in [0.15, 0.2) is 5.82 Å². The third-order valence-corrected chi connectivity index (χ3v) is 3.83. The molecular weight excluding hydrogens is 240 g/mol. The second kappa shape index (κ2) is 4.99. The van der Waals surface area contributed by atoms with Gasteiger partial charge in [0.1, 0.15) is 0 Å². The molecule has 3 rings (SSSR count). The van der Waals surface area contributed by atoms with Crippen molar-refractivity contribution in [2.24, 2.45) is 5.92 Å². The van der Waals surface area contributed by atoms with E-state index in [4.69, 9.17) is 10.3 Å². The van der Waals surface area contributed by atoms with Crippen molar-refractivity contribution in [2.75, 3.05) is 5.73 Å². The molecule has 0 radical (unpaired) electrons. The Labute approximate surface area is 112 Å². The monoisotopic (exact) mass is 258 g/mol. The molecule has 2 heterocycles. The molecule has 0 amide bonds. The Bertz CT molecular complexity index is 566. The Morgan fingerprint density at radius 2 is 2.26 bits per heavy atom. The lowest BCUT2D eigenvalue weighted by Crippen LogP contribution is -2.12. The SMILES string of the molecule is CC1CCCC(c2noc(-c3ccncc3N)n2)C1. The first-order valence-corrected chi connectivity index (χ1v) is 6.77. The topological polar surface area (TPSA) is 77.8 Å². The maximum atomic E-state index is 5.87. The summed E-state index contributed by atoms with van der Waals surface area (Å²) in [6.45, 7) is 2.29. The highest BCUT2D eigenvalue weighted by Crippen LogP contribution is 2.35. The van der Waals surface area contributed by atoms with Crippen LogP contribution in [0.2, 0.25) is 0 Å². The molecule has 1 fully saturated rings. The van der Waals surface area contributed by atoms with Gasteiger partial charge in [-0.1, -0.05) is 24.9 Å². The first kappa shape index (κ1) is 12.1. The molecule has 1 aliphatic carbocycles. The zero-order valence-corrected chi connectivity index (χ0v) is 11.0. The summed E-state index contributed by atoms with van der Waals surface area (Å²) in [5, 5.41) is 4.13. The minimum absolute atomic E-state index is 0.421. The number of nitrogen functional groups attached to an aromatic ring is 1. The van der Waals surface area contributed by atoms with Crippen molar-refractivity contribution in [3.8, 4) is 11.5 Å². The summed E-state index contributed by atoms with van der Waals surface area (Å²) in [6, 6.07) is 1.80. The molecule has 5 nitrogen and oxygen atoms in total. The highest BCUT2D eigenvalue weighted by Gasteiger charge is 2.25. The summed E-state index contributed by atoms with van der Waals surface area (Å²) in [7, 11) is 0. The van der Waals surface area contributed by atoms with Gasteiger partial charge >= 0.3 is 0 Å². The Morgan fingerprint density at radius 3 is 3.05 bits per heavy atom. The van der Waals surface area contributed by atoms with Crippen LogP contribution in [0.4, 0.5) is 5.69 Å². The van der Waals surface area contributed by atoms with Crippen LogP contribution in [-0.2, 0) is 0 Å². The van der Waals surface area contributed by atoms with E-state index in [9.17, 15) is 0 Å². The number of aromatic nitrogens is 3. The molecule has 1 saturated carbocycles. The molecule has 1 aliphatic rings. The van der Waals surface area contributed by atoms with Gasteiger partial charge in [0.05, 0.1) is 17.4 Å². The number of hydrogen-bond donors (Lipinski definition) is 1. The molecule has 5 heteroatoms. The number of pyridine rings is 1. The summed E-state index contributed by atoms with van der Waals surface area (Å²) >= 11 is 0. The first-order valence-electron chi connectivity index (χ1n) is 6.77. The van der Waals surface area contributed by atoms with E-state index in [-0.39, 0.29) is 0 Å². The van der Waals surface area contributed by atoms with Crippen LogP contribution in [0.5, 0.6) is 0 Å². The van der Waals surface area contributed by atoms with E-state index in [1.807, 2.05) is 0 Å². The molecule has 2 N–H and O–H groups in total. The van der Waals surface area contributed by atoms with Crippen LogP contribution in [0, 0.1) is 5.92 Å². The molecule has 2 atom stereocenters. The van der Waals surface area contributed by atoms with Crippen molar-refractivity contribution in [3.05, 3.63) is 24.3 Å². The predicted molar refractivity (Wildman–Crippen MR) is 72.3 cm³/mol. The fraction of sp³-hybridized carbons (Fsp3) is 0.500. The number of rotatable bonds is 2. The normalized spacial score (nSPS) is 23.4. The molecule has 0 saturated heterocycles. The minimum atomic E-state index is 0.421. The van der Waals surface area contributed by atoms with Crippen LogP contribution >= 0.6 is 0 Å². The molecule has 2 unspecified atom stereocenters. The van der Waals surface area contributed by atoms with Crippen LogP contribution < -0.4 is 5.73 Å². The number of nitrogens with two attached hydrogens (primary N) is 1. The van der Waals surface area contributed by atoms with Crippen molar-refractivity contribution >= 4 is 5.69 Å². The zero-order chi connectivity index (χ0) is 13.2. The molecule has 0 aromatic carbocycles. The molecule has 2 aromatic heterocycles. The Hall–Kier alpha value is -1.91. The Balaban J connectivity index is 1.85. The number of hydrogen-bond acceptors (Lipinski definition) is 5. The van der Waals surface area contributed by atoms with E-state index in [0.717, 1.165) is 30.1 Å². The van der Waals surface area contributed by atoms with Crippen LogP contribution in [0.15, 0.2) is 23.0 Å². The van der Waals surface area contributed by atoms with E-state index >= 15 is 0 Å². The van der Waals surface area contributed by atoms with Gasteiger partial charge in [-0.3, -0.25) is 4.98 Å². The van der Waals surface area contributed by atoms with Crippen molar-refractivity contribution in [2.45, 2.75) is 38.5 Å². The van der Waals surface area contributed by atoms with Gasteiger partial charge in [0.25, 0.3) is 5.89 Å². The first-order chi connectivity index (χ1) is 9.24. The van der Waals surface area contributed by atoms with Crippen molar-refractivity contribution in [3.63, 3.8) is 0 Å². The highest BCUT2D eigenvalue weighted by molar-refractivity contribution is 5.68. The molecular formula is C14H18N4O. The summed E-state index contributed by atoms with van der Waals surface area (Å²) in [4.78, 5) is 8.48. The third kappa shape index (κ3) is 2.45. The minimum Gasteiger partial charge on any atom is -0.397 e. The smallest absolute Gasteiger partial charge is 0.260 e. The maximum Gasteiger partial charge on any atom is 0.260 e. The molecule has 19 heavy (non-hydrogen) atoms. The lowest BCUT2D eigenvalue weighted by atomic mass is 9.82. The Kier molecular flexibility index (Phi) is 3.19. The van der Waals surface area contributed by atoms with Crippen molar-refractivity contribution in [1.82, 2.24) is 15.1 Å². The van der Waals surface area contributed by atoms with Gasteiger partial charge in [-0.25, -0.2) is 0 Å². The molecule has 0 spiro atoms. The van der Waals surface area contributed by atoms with Gasteiger partial charge in [0, 0.05) is 12.1 Å². The fourth-order valence-corrected chi connectivity index (χ4v) is 2.78. The van der Waals surface area contributed by atoms with Gasteiger partial charge in [0.2, 0.25) is 0 Å². The van der Waals surface area contributed by atoms with Crippen LogP contribution in [0.3, 0.4) is 0 Å². The van der Waals surface area contributed by atoms with Crippen LogP contribution in [-0.4, -0.2) is 15.1 Å². The lowest BCUT2D eigenvalue weighted by molar-refractivity contribution is 0.324. The van der Waals surface area contributed by atoms with E-state index in [2.05, 4.69) is 22.0 Å². The second-order valence-electron chi connectivity index (χ2n) is 5.39. The third-order valence-electron chi connectivity index (χ3n) is 3.83. The molecule has 2 aromatic rings. The number of anilines is 1. The largest absolute Gasteiger partial charge is 0.397 e. The van der Waals surface area contributed by atoms with Gasteiger partial charge in [-0.15, -0.1) is 0 Å². The van der Waals surface area contributed by atoms with E-state index in [1.54, 1.807) is 18.5 Å². The molecule has 100 valence electrons. The van der Waals surface area contributed by atoms with Gasteiger partial charge in [-0.2, -0.15) is 4.98 Å². The predicted octanol–water partition coefficient (Wildman–Crippen LogP) is 3.01. The van der Waals surface area contributed by atoms with Crippen LogP contribution in [0.1, 0.15) is 44.3 Å². The fourth-order valence-electron chi connectivity index (χ4n) is 2.78. The van der Waals surface area contributed by atoms with E-state index in [1.165, 1.54) is 12.8 Å². The lowest BCUT2D eigenvalue weighted by Gasteiger charge is -2.23. The van der Waals surface area contributed by atoms with Crippen molar-refractivity contribution < 1.29 is 4.52 Å². The van der Waals surface area contributed by atoms with Crippen molar-refractivity contribution in [1.29, 1.82) is 0 Å². The number of nitrogens with zero attached hydrogens (tertiary/aromatic N) is 3. The standard InChI is InChI=1S/C14H18N4O/c1-9-3-2-4-10(7-9)13-17-14(19-18-13)11-5-6-16-8-12(11)15/h5-6,8-10H,2-4,7,15H2,1H3. The van der Waals surface area contributed by atoms with Gasteiger partial charge < -0.3 is 10.3 Å². The summed E-state index contributed by atoms with van der Waals surface area (Å²) in [6.07, 6.45) is 8.12. The van der Waals surface area contributed by atoms with Gasteiger partial charge in [-0.05, 0) is 24.8 Å².